The van der Waals surface area contributed by atoms with Crippen molar-refractivity contribution in [2.75, 3.05) is 24.7 Å². The SMILES string of the molecule is CN(C)c1ccc2ccc(CC[C@H]3C[C@@H](n4ccc5c(N)ncnc54)[C@H](O)[C@@H]3O)cc2n1. The fourth-order valence-electron chi connectivity index (χ4n) is 4.83. The van der Waals surface area contributed by atoms with E-state index >= 15 is 0 Å². The van der Waals surface area contributed by atoms with Crippen LogP contribution in [0.2, 0.25) is 0 Å². The molecule has 0 aliphatic heterocycles. The minimum atomic E-state index is -0.854. The molecule has 4 atom stereocenters. The Bertz CT molecular complexity index is 1270. The van der Waals surface area contributed by atoms with Crippen LogP contribution in [-0.2, 0) is 6.42 Å². The molecule has 8 nitrogen and oxygen atoms in total. The first-order chi connectivity index (χ1) is 15.4. The highest BCUT2D eigenvalue weighted by Crippen LogP contribution is 2.39. The van der Waals surface area contributed by atoms with Gasteiger partial charge in [0.15, 0.2) is 0 Å². The van der Waals surface area contributed by atoms with E-state index in [1.54, 1.807) is 0 Å². The van der Waals surface area contributed by atoms with Gasteiger partial charge in [-0.1, -0.05) is 12.1 Å². The van der Waals surface area contributed by atoms with Gasteiger partial charge in [-0.25, -0.2) is 15.0 Å². The number of nitrogens with zero attached hydrogens (tertiary/aromatic N) is 5. The quantitative estimate of drug-likeness (QED) is 0.444. The maximum absolute atomic E-state index is 10.8. The number of pyridine rings is 1. The summed E-state index contributed by atoms with van der Waals surface area (Å²) < 4.78 is 1.92. The van der Waals surface area contributed by atoms with E-state index in [0.717, 1.165) is 34.9 Å². The molecule has 3 aromatic heterocycles. The largest absolute Gasteiger partial charge is 0.390 e. The van der Waals surface area contributed by atoms with Gasteiger partial charge in [-0.2, -0.15) is 0 Å². The molecule has 1 aliphatic rings. The molecule has 32 heavy (non-hydrogen) atoms. The third-order valence-electron chi connectivity index (χ3n) is 6.67. The van der Waals surface area contributed by atoms with Crippen LogP contribution in [0.3, 0.4) is 0 Å². The normalized spacial score (nSPS) is 23.2. The first kappa shape index (κ1) is 20.7. The van der Waals surface area contributed by atoms with Gasteiger partial charge in [-0.05, 0) is 55.0 Å². The number of nitrogens with two attached hydrogens (primary N) is 1. The Kier molecular flexibility index (Phi) is 5.19. The van der Waals surface area contributed by atoms with E-state index in [1.807, 2.05) is 41.9 Å². The highest BCUT2D eigenvalue weighted by molar-refractivity contribution is 5.86. The summed E-state index contributed by atoms with van der Waals surface area (Å²) in [7, 11) is 3.96. The van der Waals surface area contributed by atoms with Crippen molar-refractivity contribution in [1.82, 2.24) is 19.5 Å². The lowest BCUT2D eigenvalue weighted by molar-refractivity contribution is 0.00545. The first-order valence-corrected chi connectivity index (χ1v) is 10.9. The zero-order chi connectivity index (χ0) is 22.4. The van der Waals surface area contributed by atoms with Gasteiger partial charge in [-0.15, -0.1) is 0 Å². The zero-order valence-electron chi connectivity index (χ0n) is 18.3. The Morgan fingerprint density at radius 2 is 1.91 bits per heavy atom. The summed E-state index contributed by atoms with van der Waals surface area (Å²) >= 11 is 0. The van der Waals surface area contributed by atoms with E-state index in [0.29, 0.717) is 17.9 Å². The van der Waals surface area contributed by atoms with Crippen LogP contribution in [0.1, 0.15) is 24.4 Å². The van der Waals surface area contributed by atoms with Gasteiger partial charge in [0.05, 0.1) is 23.0 Å². The molecule has 166 valence electrons. The number of benzene rings is 1. The van der Waals surface area contributed by atoms with Crippen LogP contribution < -0.4 is 10.6 Å². The average Bonchev–Trinajstić information content (AvgIpc) is 3.34. The number of hydrogen-bond acceptors (Lipinski definition) is 7. The molecule has 5 rings (SSSR count). The third kappa shape index (κ3) is 3.55. The first-order valence-electron chi connectivity index (χ1n) is 10.9. The summed E-state index contributed by atoms with van der Waals surface area (Å²) in [6, 6.07) is 12.0. The molecule has 3 heterocycles. The highest BCUT2D eigenvalue weighted by Gasteiger charge is 2.42. The Morgan fingerprint density at radius 3 is 2.72 bits per heavy atom. The van der Waals surface area contributed by atoms with Crippen LogP contribution in [0, 0.1) is 5.92 Å². The van der Waals surface area contributed by atoms with Crippen LogP contribution in [0.25, 0.3) is 21.9 Å². The lowest BCUT2D eigenvalue weighted by Gasteiger charge is -2.19. The van der Waals surface area contributed by atoms with Gasteiger partial charge in [0, 0.05) is 25.7 Å². The molecule has 0 spiro atoms. The Morgan fingerprint density at radius 1 is 1.09 bits per heavy atom. The molecule has 1 fully saturated rings. The Balaban J connectivity index is 1.33. The van der Waals surface area contributed by atoms with Gasteiger partial charge < -0.3 is 25.4 Å². The summed E-state index contributed by atoms with van der Waals surface area (Å²) in [5, 5.41) is 23.4. The van der Waals surface area contributed by atoms with Crippen LogP contribution in [0.4, 0.5) is 11.6 Å². The molecule has 0 radical (unpaired) electrons. The number of aliphatic hydroxyl groups excluding tert-OH is 2. The second-order valence-electron chi connectivity index (χ2n) is 8.89. The molecule has 1 saturated carbocycles. The molecule has 0 unspecified atom stereocenters. The number of aromatic nitrogens is 4. The standard InChI is InChI=1S/C24H28N6O2/c1-29(2)20-8-7-15-5-3-14(11-18(15)28-20)4-6-16-12-19(22(32)21(16)31)30-10-9-17-23(25)26-13-27-24(17)30/h3,5,7-11,13,16,19,21-22,31-32H,4,6,12H2,1-2H3,(H2,25,26,27)/t16-,19+,21+,22-/m0/s1. The molecule has 1 aromatic carbocycles. The van der Waals surface area contributed by atoms with E-state index in [-0.39, 0.29) is 12.0 Å². The van der Waals surface area contributed by atoms with Gasteiger partial charge in [0.25, 0.3) is 0 Å². The lowest BCUT2D eigenvalue weighted by Crippen LogP contribution is -2.29. The molecule has 0 amide bonds. The number of aliphatic hydroxyl groups is 2. The molecular weight excluding hydrogens is 404 g/mol. The highest BCUT2D eigenvalue weighted by atomic mass is 16.3. The van der Waals surface area contributed by atoms with Crippen molar-refractivity contribution < 1.29 is 10.2 Å². The van der Waals surface area contributed by atoms with E-state index in [2.05, 4.69) is 34.2 Å². The summed E-state index contributed by atoms with van der Waals surface area (Å²) in [5.74, 6) is 1.33. The van der Waals surface area contributed by atoms with Crippen LogP contribution in [-0.4, -0.2) is 56.0 Å². The smallest absolute Gasteiger partial charge is 0.145 e. The number of nitrogen functional groups attached to an aromatic ring is 1. The summed E-state index contributed by atoms with van der Waals surface area (Å²) in [5.41, 5.74) is 8.78. The van der Waals surface area contributed by atoms with Gasteiger partial charge >= 0.3 is 0 Å². The van der Waals surface area contributed by atoms with Crippen LogP contribution in [0.5, 0.6) is 0 Å². The number of hydrogen-bond donors (Lipinski definition) is 3. The summed E-state index contributed by atoms with van der Waals surface area (Å²) in [6.45, 7) is 0. The third-order valence-corrected chi connectivity index (χ3v) is 6.67. The van der Waals surface area contributed by atoms with E-state index in [4.69, 9.17) is 10.7 Å². The topological polar surface area (TPSA) is 113 Å². The Labute approximate surface area is 186 Å². The van der Waals surface area contributed by atoms with Gasteiger partial charge in [0.2, 0.25) is 0 Å². The van der Waals surface area contributed by atoms with E-state index < -0.39 is 12.2 Å². The molecular formula is C24H28N6O2. The van der Waals surface area contributed by atoms with Crippen molar-refractivity contribution in [3.8, 4) is 0 Å². The summed E-state index contributed by atoms with van der Waals surface area (Å²) in [6.07, 6.45) is 3.93. The summed E-state index contributed by atoms with van der Waals surface area (Å²) in [4.78, 5) is 15.1. The van der Waals surface area contributed by atoms with Crippen molar-refractivity contribution in [3.05, 3.63) is 54.5 Å². The number of aryl methyl sites for hydroxylation is 1. The maximum Gasteiger partial charge on any atom is 0.145 e. The molecule has 0 bridgehead atoms. The predicted molar refractivity (Wildman–Crippen MR) is 125 cm³/mol. The lowest BCUT2D eigenvalue weighted by atomic mass is 9.95. The molecule has 1 aliphatic carbocycles. The zero-order valence-corrected chi connectivity index (χ0v) is 18.3. The average molecular weight is 433 g/mol. The number of fused-ring (bicyclic) bond motifs is 2. The fraction of sp³-hybridized carbons (Fsp3) is 0.375. The number of rotatable bonds is 5. The van der Waals surface area contributed by atoms with Crippen molar-refractivity contribution in [3.63, 3.8) is 0 Å². The van der Waals surface area contributed by atoms with Crippen molar-refractivity contribution in [2.45, 2.75) is 37.5 Å². The van der Waals surface area contributed by atoms with Crippen molar-refractivity contribution in [2.24, 2.45) is 5.92 Å². The molecule has 8 heteroatoms. The minimum Gasteiger partial charge on any atom is -0.390 e. The van der Waals surface area contributed by atoms with Crippen molar-refractivity contribution >= 4 is 33.6 Å². The molecule has 4 aromatic rings. The fourth-order valence-corrected chi connectivity index (χ4v) is 4.83. The van der Waals surface area contributed by atoms with Crippen molar-refractivity contribution in [1.29, 1.82) is 0 Å². The van der Waals surface area contributed by atoms with E-state index in [1.165, 1.54) is 11.9 Å². The predicted octanol–water partition coefficient (Wildman–Crippen LogP) is 2.54. The van der Waals surface area contributed by atoms with Crippen LogP contribution in [0.15, 0.2) is 48.9 Å². The minimum absolute atomic E-state index is 0.0107. The molecule has 0 saturated heterocycles. The molecule has 4 N–H and O–H groups in total. The maximum atomic E-state index is 10.8. The van der Waals surface area contributed by atoms with Gasteiger partial charge in [-0.3, -0.25) is 0 Å². The monoisotopic (exact) mass is 432 g/mol. The van der Waals surface area contributed by atoms with Gasteiger partial charge in [0.1, 0.15) is 29.7 Å². The second kappa shape index (κ2) is 8.03. The van der Waals surface area contributed by atoms with E-state index in [9.17, 15) is 10.2 Å². The second-order valence-corrected chi connectivity index (χ2v) is 8.89. The number of anilines is 2. The van der Waals surface area contributed by atoms with Crippen LogP contribution >= 0.6 is 0 Å². The Hall–Kier alpha value is -3.23.